The molecule has 4 nitrogen and oxygen atoms in total. The van der Waals surface area contributed by atoms with Crippen LogP contribution in [0.5, 0.6) is 0 Å². The van der Waals surface area contributed by atoms with Gasteiger partial charge in [0.05, 0.1) is 0 Å². The zero-order valence-electron chi connectivity index (χ0n) is 11.3. The molecule has 2 rings (SSSR count). The van der Waals surface area contributed by atoms with Crippen molar-refractivity contribution in [2.75, 3.05) is 32.1 Å². The van der Waals surface area contributed by atoms with E-state index in [4.69, 9.17) is 5.73 Å². The summed E-state index contributed by atoms with van der Waals surface area (Å²) in [6, 6.07) is 7.81. The zero-order valence-corrected chi connectivity index (χ0v) is 11.3. The Kier molecular flexibility index (Phi) is 3.57. The number of likely N-dealkylation sites (tertiary alicyclic amines) is 1. The van der Waals surface area contributed by atoms with E-state index >= 15 is 0 Å². The highest BCUT2D eigenvalue weighted by molar-refractivity contribution is 5.95. The van der Waals surface area contributed by atoms with Crippen LogP contribution in [-0.2, 0) is 0 Å². The van der Waals surface area contributed by atoms with Gasteiger partial charge >= 0.3 is 0 Å². The molecule has 2 unspecified atom stereocenters. The molecule has 2 N–H and O–H groups in total. The second-order valence-electron chi connectivity index (χ2n) is 5.30. The van der Waals surface area contributed by atoms with Crippen molar-refractivity contribution in [1.29, 1.82) is 0 Å². The van der Waals surface area contributed by atoms with Crippen LogP contribution in [-0.4, -0.2) is 44.0 Å². The van der Waals surface area contributed by atoms with Gasteiger partial charge in [-0.3, -0.25) is 4.79 Å². The summed E-state index contributed by atoms with van der Waals surface area (Å²) in [4.78, 5) is 16.2. The summed E-state index contributed by atoms with van der Waals surface area (Å²) in [5, 5.41) is 0. The lowest BCUT2D eigenvalue weighted by molar-refractivity contribution is 0.0787. The smallest absolute Gasteiger partial charge is 0.253 e. The molecule has 1 heterocycles. The van der Waals surface area contributed by atoms with E-state index in [-0.39, 0.29) is 11.9 Å². The van der Waals surface area contributed by atoms with Crippen LogP contribution in [0.2, 0.25) is 0 Å². The Morgan fingerprint density at radius 2 is 2.11 bits per heavy atom. The van der Waals surface area contributed by atoms with E-state index in [1.807, 2.05) is 48.2 Å². The average molecular weight is 247 g/mol. The SMILES string of the molecule is CC1CN(C(=O)c2cccc(N(C)C)c2)CC1N. The van der Waals surface area contributed by atoms with Gasteiger partial charge in [-0.1, -0.05) is 13.0 Å². The van der Waals surface area contributed by atoms with Gasteiger partial charge in [0.1, 0.15) is 0 Å². The maximum absolute atomic E-state index is 12.4. The van der Waals surface area contributed by atoms with Crippen LogP contribution in [0.25, 0.3) is 0 Å². The van der Waals surface area contributed by atoms with Crippen LogP contribution in [0.4, 0.5) is 5.69 Å². The molecule has 1 amide bonds. The van der Waals surface area contributed by atoms with Crippen LogP contribution >= 0.6 is 0 Å². The van der Waals surface area contributed by atoms with Crippen LogP contribution in [0.3, 0.4) is 0 Å². The number of rotatable bonds is 2. The monoisotopic (exact) mass is 247 g/mol. The molecule has 0 aromatic heterocycles. The first-order valence-corrected chi connectivity index (χ1v) is 6.31. The molecule has 18 heavy (non-hydrogen) atoms. The molecule has 1 aliphatic rings. The van der Waals surface area contributed by atoms with Gasteiger partial charge in [0.15, 0.2) is 0 Å². The van der Waals surface area contributed by atoms with Crippen LogP contribution in [0.1, 0.15) is 17.3 Å². The van der Waals surface area contributed by atoms with Gasteiger partial charge < -0.3 is 15.5 Å². The highest BCUT2D eigenvalue weighted by atomic mass is 16.2. The third-order valence-electron chi connectivity index (χ3n) is 3.57. The summed E-state index contributed by atoms with van der Waals surface area (Å²) in [6.45, 7) is 3.51. The first-order valence-electron chi connectivity index (χ1n) is 6.31. The lowest BCUT2D eigenvalue weighted by Crippen LogP contribution is -2.32. The molecular weight excluding hydrogens is 226 g/mol. The topological polar surface area (TPSA) is 49.6 Å². The lowest BCUT2D eigenvalue weighted by Gasteiger charge is -2.18. The third kappa shape index (κ3) is 2.48. The Morgan fingerprint density at radius 3 is 2.67 bits per heavy atom. The van der Waals surface area contributed by atoms with E-state index in [0.29, 0.717) is 12.5 Å². The van der Waals surface area contributed by atoms with E-state index in [9.17, 15) is 4.79 Å². The number of carbonyl (C=O) groups is 1. The maximum Gasteiger partial charge on any atom is 0.253 e. The first kappa shape index (κ1) is 12.9. The van der Waals surface area contributed by atoms with Crippen molar-refractivity contribution in [1.82, 2.24) is 4.90 Å². The first-order chi connectivity index (χ1) is 8.49. The molecule has 0 aliphatic carbocycles. The minimum Gasteiger partial charge on any atom is -0.378 e. The highest BCUT2D eigenvalue weighted by Gasteiger charge is 2.30. The van der Waals surface area contributed by atoms with Crippen molar-refractivity contribution < 1.29 is 4.79 Å². The predicted molar refractivity (Wildman–Crippen MR) is 73.8 cm³/mol. The standard InChI is InChI=1S/C14H21N3O/c1-10-8-17(9-13(10)15)14(18)11-5-4-6-12(7-11)16(2)3/h4-7,10,13H,8-9,15H2,1-3H3. The number of hydrogen-bond acceptors (Lipinski definition) is 3. The summed E-state index contributed by atoms with van der Waals surface area (Å²) in [5.41, 5.74) is 7.74. The molecule has 0 bridgehead atoms. The Morgan fingerprint density at radius 1 is 1.39 bits per heavy atom. The van der Waals surface area contributed by atoms with Crippen molar-refractivity contribution >= 4 is 11.6 Å². The molecule has 0 spiro atoms. The molecule has 98 valence electrons. The summed E-state index contributed by atoms with van der Waals surface area (Å²) in [7, 11) is 3.94. The second-order valence-corrected chi connectivity index (χ2v) is 5.30. The highest BCUT2D eigenvalue weighted by Crippen LogP contribution is 2.20. The maximum atomic E-state index is 12.4. The normalized spacial score (nSPS) is 23.2. The van der Waals surface area contributed by atoms with Crippen molar-refractivity contribution in [2.24, 2.45) is 11.7 Å². The third-order valence-corrected chi connectivity index (χ3v) is 3.57. The fourth-order valence-corrected chi connectivity index (χ4v) is 2.26. The summed E-state index contributed by atoms with van der Waals surface area (Å²) >= 11 is 0. The van der Waals surface area contributed by atoms with E-state index < -0.39 is 0 Å². The van der Waals surface area contributed by atoms with Gasteiger partial charge in [0.2, 0.25) is 0 Å². The van der Waals surface area contributed by atoms with E-state index in [1.54, 1.807) is 0 Å². The molecule has 4 heteroatoms. The Bertz CT molecular complexity index is 434. The molecule has 0 saturated carbocycles. The Balaban J connectivity index is 2.17. The summed E-state index contributed by atoms with van der Waals surface area (Å²) in [5.74, 6) is 0.462. The minimum atomic E-state index is 0.0819. The van der Waals surface area contributed by atoms with Crippen molar-refractivity contribution in [3.63, 3.8) is 0 Å². The lowest BCUT2D eigenvalue weighted by atomic mass is 10.1. The van der Waals surface area contributed by atoms with E-state index in [1.165, 1.54) is 0 Å². The largest absolute Gasteiger partial charge is 0.378 e. The van der Waals surface area contributed by atoms with Gasteiger partial charge in [0, 0.05) is 44.5 Å². The molecule has 1 fully saturated rings. The number of nitrogens with two attached hydrogens (primary N) is 1. The molecule has 1 saturated heterocycles. The van der Waals surface area contributed by atoms with Crippen molar-refractivity contribution in [3.8, 4) is 0 Å². The molecule has 1 aliphatic heterocycles. The van der Waals surface area contributed by atoms with Crippen LogP contribution < -0.4 is 10.6 Å². The number of amides is 1. The van der Waals surface area contributed by atoms with Gasteiger partial charge in [-0.2, -0.15) is 0 Å². The molecule has 1 aromatic carbocycles. The number of carbonyl (C=O) groups excluding carboxylic acids is 1. The Hall–Kier alpha value is -1.55. The number of nitrogens with zero attached hydrogens (tertiary/aromatic N) is 2. The minimum absolute atomic E-state index is 0.0819. The van der Waals surface area contributed by atoms with Crippen LogP contribution in [0, 0.1) is 5.92 Å². The Labute approximate surface area is 108 Å². The van der Waals surface area contributed by atoms with Crippen molar-refractivity contribution in [2.45, 2.75) is 13.0 Å². The molecule has 1 aromatic rings. The second kappa shape index (κ2) is 4.98. The molecule has 2 atom stereocenters. The fourth-order valence-electron chi connectivity index (χ4n) is 2.26. The van der Waals surface area contributed by atoms with Crippen molar-refractivity contribution in [3.05, 3.63) is 29.8 Å². The van der Waals surface area contributed by atoms with Gasteiger partial charge in [0.25, 0.3) is 5.91 Å². The predicted octanol–water partition coefficient (Wildman–Crippen LogP) is 1.17. The van der Waals surface area contributed by atoms with E-state index in [2.05, 4.69) is 6.92 Å². The van der Waals surface area contributed by atoms with E-state index in [0.717, 1.165) is 17.8 Å². The van der Waals surface area contributed by atoms with Gasteiger partial charge in [-0.15, -0.1) is 0 Å². The summed E-state index contributed by atoms with van der Waals surface area (Å²) in [6.07, 6.45) is 0. The van der Waals surface area contributed by atoms with Gasteiger partial charge in [-0.05, 0) is 24.1 Å². The number of anilines is 1. The van der Waals surface area contributed by atoms with Crippen LogP contribution in [0.15, 0.2) is 24.3 Å². The average Bonchev–Trinajstić information content (AvgIpc) is 2.69. The molecular formula is C14H21N3O. The quantitative estimate of drug-likeness (QED) is 0.853. The summed E-state index contributed by atoms with van der Waals surface area (Å²) < 4.78 is 0. The fraction of sp³-hybridized carbons (Fsp3) is 0.500. The van der Waals surface area contributed by atoms with Gasteiger partial charge in [-0.25, -0.2) is 0 Å². The number of hydrogen-bond donors (Lipinski definition) is 1. The number of benzene rings is 1. The zero-order chi connectivity index (χ0) is 13.3. The molecule has 0 radical (unpaired) electrons.